The van der Waals surface area contributed by atoms with E-state index in [0.717, 1.165) is 53.3 Å². The maximum absolute atomic E-state index is 5.43. The van der Waals surface area contributed by atoms with Gasteiger partial charge in [-0.2, -0.15) is 11.8 Å². The zero-order valence-corrected chi connectivity index (χ0v) is 14.8. The van der Waals surface area contributed by atoms with Crippen LogP contribution in [0.25, 0.3) is 0 Å². The third kappa shape index (κ3) is 4.03. The minimum Gasteiger partial charge on any atom is -0.497 e. The summed E-state index contributed by atoms with van der Waals surface area (Å²) >= 11 is 1.99. The Labute approximate surface area is 146 Å². The fraction of sp³-hybridized carbons (Fsp3) is 0.412. The summed E-state index contributed by atoms with van der Waals surface area (Å²) < 4.78 is 10.7. The quantitative estimate of drug-likeness (QED) is 0.863. The number of hydrogen-bond acceptors (Lipinski definition) is 7. The summed E-state index contributed by atoms with van der Waals surface area (Å²) in [6.45, 7) is 2.69. The molecule has 6 nitrogen and oxygen atoms in total. The Bertz CT molecular complexity index is 677. The molecule has 1 aromatic carbocycles. The lowest BCUT2D eigenvalue weighted by Gasteiger charge is -2.27. The number of methoxy groups -OCH3 is 2. The first kappa shape index (κ1) is 16.7. The molecule has 0 amide bonds. The summed E-state index contributed by atoms with van der Waals surface area (Å²) in [6.07, 6.45) is 1.62. The van der Waals surface area contributed by atoms with Gasteiger partial charge in [-0.25, -0.2) is 9.97 Å². The van der Waals surface area contributed by atoms with E-state index in [1.54, 1.807) is 20.5 Å². The lowest BCUT2D eigenvalue weighted by atomic mass is 10.2. The van der Waals surface area contributed by atoms with Crippen molar-refractivity contribution in [2.24, 2.45) is 0 Å². The first-order valence-corrected chi connectivity index (χ1v) is 9.05. The van der Waals surface area contributed by atoms with Crippen molar-refractivity contribution in [2.45, 2.75) is 6.54 Å². The van der Waals surface area contributed by atoms with Crippen molar-refractivity contribution in [1.29, 1.82) is 0 Å². The highest BCUT2D eigenvalue weighted by Gasteiger charge is 2.13. The van der Waals surface area contributed by atoms with Crippen molar-refractivity contribution in [2.75, 3.05) is 49.0 Å². The lowest BCUT2D eigenvalue weighted by molar-refractivity contribution is 0.391. The number of hydrogen-bond donors (Lipinski definition) is 1. The number of rotatable bonds is 6. The molecule has 2 heterocycles. The second-order valence-electron chi connectivity index (χ2n) is 5.39. The second-order valence-corrected chi connectivity index (χ2v) is 6.62. The fourth-order valence-electron chi connectivity index (χ4n) is 2.59. The third-order valence-corrected chi connectivity index (χ3v) is 4.88. The molecule has 24 heavy (non-hydrogen) atoms. The zero-order valence-electron chi connectivity index (χ0n) is 14.0. The van der Waals surface area contributed by atoms with E-state index in [4.69, 9.17) is 9.47 Å². The molecule has 0 saturated carbocycles. The van der Waals surface area contributed by atoms with Crippen LogP contribution in [0.4, 0.5) is 11.6 Å². The smallest absolute Gasteiger partial charge is 0.134 e. The number of nitrogens with one attached hydrogen (secondary N) is 1. The number of anilines is 2. The van der Waals surface area contributed by atoms with E-state index in [-0.39, 0.29) is 0 Å². The molecule has 1 N–H and O–H groups in total. The summed E-state index contributed by atoms with van der Waals surface area (Å²) in [5, 5.41) is 3.35. The van der Waals surface area contributed by atoms with Gasteiger partial charge in [0.1, 0.15) is 29.5 Å². The Morgan fingerprint density at radius 2 is 1.96 bits per heavy atom. The third-order valence-electron chi connectivity index (χ3n) is 3.94. The van der Waals surface area contributed by atoms with Crippen molar-refractivity contribution in [3.05, 3.63) is 36.2 Å². The number of aromatic nitrogens is 2. The highest BCUT2D eigenvalue weighted by atomic mass is 32.2. The monoisotopic (exact) mass is 346 g/mol. The molecule has 0 unspecified atom stereocenters. The van der Waals surface area contributed by atoms with Gasteiger partial charge in [0, 0.05) is 48.8 Å². The van der Waals surface area contributed by atoms with Crippen LogP contribution < -0.4 is 19.7 Å². The van der Waals surface area contributed by atoms with Gasteiger partial charge in [-0.1, -0.05) is 0 Å². The predicted molar refractivity (Wildman–Crippen MR) is 98.4 cm³/mol. The minimum atomic E-state index is 0.624. The van der Waals surface area contributed by atoms with Gasteiger partial charge in [0.25, 0.3) is 0 Å². The Hall–Kier alpha value is -2.15. The van der Waals surface area contributed by atoms with Crippen LogP contribution in [0.1, 0.15) is 5.56 Å². The molecule has 0 radical (unpaired) electrons. The van der Waals surface area contributed by atoms with Gasteiger partial charge >= 0.3 is 0 Å². The van der Waals surface area contributed by atoms with Gasteiger partial charge in [-0.15, -0.1) is 0 Å². The fourth-order valence-corrected chi connectivity index (χ4v) is 3.50. The maximum atomic E-state index is 5.43. The standard InChI is InChI=1S/C17H22N4O2S/c1-22-14-4-3-13(15(9-14)23-2)11-18-16-10-17(20-12-19-16)21-5-7-24-8-6-21/h3-4,9-10,12H,5-8,11H2,1-2H3,(H,18,19,20). The number of ether oxygens (including phenoxy) is 2. The Morgan fingerprint density at radius 3 is 2.71 bits per heavy atom. The zero-order chi connectivity index (χ0) is 16.8. The molecular formula is C17H22N4O2S. The van der Waals surface area contributed by atoms with E-state index in [0.29, 0.717) is 6.54 Å². The average molecular weight is 346 g/mol. The molecule has 128 valence electrons. The predicted octanol–water partition coefficient (Wildman–Crippen LogP) is 2.66. The van der Waals surface area contributed by atoms with Gasteiger partial charge < -0.3 is 19.7 Å². The number of thioether (sulfide) groups is 1. The molecule has 7 heteroatoms. The minimum absolute atomic E-state index is 0.624. The first-order valence-electron chi connectivity index (χ1n) is 7.89. The highest BCUT2D eigenvalue weighted by molar-refractivity contribution is 7.99. The van der Waals surface area contributed by atoms with Crippen LogP contribution in [-0.2, 0) is 6.54 Å². The highest BCUT2D eigenvalue weighted by Crippen LogP contribution is 2.25. The molecule has 0 aliphatic carbocycles. The van der Waals surface area contributed by atoms with Crippen LogP contribution in [0.5, 0.6) is 11.5 Å². The molecule has 1 aliphatic heterocycles. The van der Waals surface area contributed by atoms with Crippen molar-refractivity contribution >= 4 is 23.4 Å². The summed E-state index contributed by atoms with van der Waals surface area (Å²) in [5.41, 5.74) is 1.05. The topological polar surface area (TPSA) is 59.5 Å². The van der Waals surface area contributed by atoms with E-state index in [9.17, 15) is 0 Å². The molecule has 0 bridgehead atoms. The van der Waals surface area contributed by atoms with Gasteiger partial charge in [-0.3, -0.25) is 0 Å². The summed E-state index contributed by atoms with van der Waals surface area (Å²) in [4.78, 5) is 11.0. The van der Waals surface area contributed by atoms with E-state index in [1.165, 1.54) is 0 Å². The normalized spacial score (nSPS) is 14.3. The van der Waals surface area contributed by atoms with Crippen molar-refractivity contribution in [1.82, 2.24) is 9.97 Å². The number of benzene rings is 1. The van der Waals surface area contributed by atoms with Gasteiger partial charge in [0.2, 0.25) is 0 Å². The van der Waals surface area contributed by atoms with Gasteiger partial charge in [-0.05, 0) is 12.1 Å². The van der Waals surface area contributed by atoms with E-state index in [2.05, 4.69) is 20.2 Å². The Kier molecular flexibility index (Phi) is 5.63. The number of nitrogens with zero attached hydrogens (tertiary/aromatic N) is 3. The average Bonchev–Trinajstić information content (AvgIpc) is 2.67. The van der Waals surface area contributed by atoms with E-state index in [1.807, 2.05) is 36.0 Å². The van der Waals surface area contributed by atoms with Gasteiger partial charge in [0.15, 0.2) is 0 Å². The summed E-state index contributed by atoms with van der Waals surface area (Å²) in [6, 6.07) is 7.81. The molecule has 0 spiro atoms. The second kappa shape index (κ2) is 8.10. The van der Waals surface area contributed by atoms with Crippen molar-refractivity contribution in [3.63, 3.8) is 0 Å². The van der Waals surface area contributed by atoms with Crippen LogP contribution in [-0.4, -0.2) is 48.8 Å². The van der Waals surface area contributed by atoms with E-state index >= 15 is 0 Å². The SMILES string of the molecule is COc1ccc(CNc2cc(N3CCSCC3)ncn2)c(OC)c1. The molecule has 1 saturated heterocycles. The van der Waals surface area contributed by atoms with Crippen LogP contribution in [0, 0.1) is 0 Å². The maximum Gasteiger partial charge on any atom is 0.134 e. The van der Waals surface area contributed by atoms with Crippen LogP contribution in [0.2, 0.25) is 0 Å². The van der Waals surface area contributed by atoms with Gasteiger partial charge in [0.05, 0.1) is 14.2 Å². The van der Waals surface area contributed by atoms with Crippen LogP contribution in [0.3, 0.4) is 0 Å². The lowest BCUT2D eigenvalue weighted by Crippen LogP contribution is -2.33. The molecule has 1 aromatic heterocycles. The Balaban J connectivity index is 1.68. The summed E-state index contributed by atoms with van der Waals surface area (Å²) in [5.74, 6) is 5.67. The molecule has 0 atom stereocenters. The van der Waals surface area contributed by atoms with Crippen LogP contribution >= 0.6 is 11.8 Å². The van der Waals surface area contributed by atoms with Crippen LogP contribution in [0.15, 0.2) is 30.6 Å². The Morgan fingerprint density at radius 1 is 1.12 bits per heavy atom. The molecule has 1 fully saturated rings. The van der Waals surface area contributed by atoms with Crippen molar-refractivity contribution in [3.8, 4) is 11.5 Å². The molecular weight excluding hydrogens is 324 g/mol. The molecule has 1 aliphatic rings. The summed E-state index contributed by atoms with van der Waals surface area (Å²) in [7, 11) is 3.31. The van der Waals surface area contributed by atoms with E-state index < -0.39 is 0 Å². The molecule has 3 rings (SSSR count). The molecule has 2 aromatic rings. The first-order chi connectivity index (χ1) is 11.8. The largest absolute Gasteiger partial charge is 0.497 e. The van der Waals surface area contributed by atoms with Crippen molar-refractivity contribution < 1.29 is 9.47 Å².